The van der Waals surface area contributed by atoms with Crippen molar-refractivity contribution in [3.63, 3.8) is 0 Å². The Morgan fingerprint density at radius 3 is 2.50 bits per heavy atom. The quantitative estimate of drug-likeness (QED) is 0.793. The lowest BCUT2D eigenvalue weighted by Crippen LogP contribution is -2.42. The number of rotatable bonds is 2. The predicted octanol–water partition coefficient (Wildman–Crippen LogP) is 1.01. The number of anilines is 1. The summed E-state index contributed by atoms with van der Waals surface area (Å²) in [6.07, 6.45) is 1.24. The average Bonchev–Trinajstić information content (AvgIpc) is 2.45. The van der Waals surface area contributed by atoms with E-state index in [-0.39, 0.29) is 29.0 Å². The molecular formula is C14H18FN3O2. The van der Waals surface area contributed by atoms with Crippen molar-refractivity contribution in [2.45, 2.75) is 12.8 Å². The second kappa shape index (κ2) is 5.90. The standard InChI is InChI=1S/C14H18FN3O2/c1-17-13(19)9-2-4-18(5-3-9)14(20)10-6-11(15)8-12(16)7-10/h6-9H,2-5,16H2,1H3,(H,17,19). The zero-order valence-electron chi connectivity index (χ0n) is 11.4. The lowest BCUT2D eigenvalue weighted by molar-refractivity contribution is -0.125. The zero-order chi connectivity index (χ0) is 14.7. The third kappa shape index (κ3) is 3.07. The van der Waals surface area contributed by atoms with Crippen LogP contribution in [-0.2, 0) is 4.79 Å². The van der Waals surface area contributed by atoms with Gasteiger partial charge in [-0.25, -0.2) is 4.39 Å². The van der Waals surface area contributed by atoms with E-state index < -0.39 is 5.82 Å². The number of nitrogens with zero attached hydrogens (tertiary/aromatic N) is 1. The minimum atomic E-state index is -0.520. The number of hydrogen-bond donors (Lipinski definition) is 2. The van der Waals surface area contributed by atoms with Gasteiger partial charge < -0.3 is 16.0 Å². The molecule has 1 aliphatic heterocycles. The number of benzene rings is 1. The zero-order valence-corrected chi connectivity index (χ0v) is 11.4. The van der Waals surface area contributed by atoms with Crippen LogP contribution in [-0.4, -0.2) is 36.9 Å². The van der Waals surface area contributed by atoms with Crippen LogP contribution in [0.4, 0.5) is 10.1 Å². The van der Waals surface area contributed by atoms with Crippen LogP contribution in [0.1, 0.15) is 23.2 Å². The molecule has 0 radical (unpaired) electrons. The molecule has 20 heavy (non-hydrogen) atoms. The maximum absolute atomic E-state index is 13.3. The number of likely N-dealkylation sites (tertiary alicyclic amines) is 1. The summed E-state index contributed by atoms with van der Waals surface area (Å²) in [4.78, 5) is 25.4. The highest BCUT2D eigenvalue weighted by Crippen LogP contribution is 2.20. The lowest BCUT2D eigenvalue weighted by atomic mass is 9.95. The number of amides is 2. The number of nitrogens with one attached hydrogen (secondary N) is 1. The van der Waals surface area contributed by atoms with Crippen LogP contribution >= 0.6 is 0 Å². The average molecular weight is 279 g/mol. The number of nitrogens with two attached hydrogens (primary N) is 1. The first-order valence-corrected chi connectivity index (χ1v) is 6.58. The fraction of sp³-hybridized carbons (Fsp3) is 0.429. The molecule has 2 rings (SSSR count). The van der Waals surface area contributed by atoms with Gasteiger partial charge in [-0.3, -0.25) is 9.59 Å². The summed E-state index contributed by atoms with van der Waals surface area (Å²) >= 11 is 0. The molecule has 0 saturated carbocycles. The van der Waals surface area contributed by atoms with Gasteiger partial charge in [0.25, 0.3) is 5.91 Å². The number of nitrogen functional groups attached to an aromatic ring is 1. The van der Waals surface area contributed by atoms with E-state index in [4.69, 9.17) is 5.73 Å². The molecule has 1 aliphatic rings. The van der Waals surface area contributed by atoms with Gasteiger partial charge in [0.1, 0.15) is 5.82 Å². The van der Waals surface area contributed by atoms with E-state index >= 15 is 0 Å². The smallest absolute Gasteiger partial charge is 0.254 e. The fourth-order valence-corrected chi connectivity index (χ4v) is 2.47. The first kappa shape index (κ1) is 14.3. The lowest BCUT2D eigenvalue weighted by Gasteiger charge is -2.31. The molecule has 3 N–H and O–H groups in total. The van der Waals surface area contributed by atoms with E-state index in [1.54, 1.807) is 11.9 Å². The second-order valence-corrected chi connectivity index (χ2v) is 4.95. The van der Waals surface area contributed by atoms with Crippen molar-refractivity contribution in [2.75, 3.05) is 25.9 Å². The van der Waals surface area contributed by atoms with Crippen molar-refractivity contribution in [3.05, 3.63) is 29.6 Å². The van der Waals surface area contributed by atoms with E-state index in [1.807, 2.05) is 0 Å². The molecule has 1 heterocycles. The van der Waals surface area contributed by atoms with Crippen molar-refractivity contribution >= 4 is 17.5 Å². The Balaban J connectivity index is 2.03. The van der Waals surface area contributed by atoms with Gasteiger partial charge in [0.2, 0.25) is 5.91 Å². The van der Waals surface area contributed by atoms with E-state index in [0.717, 1.165) is 0 Å². The predicted molar refractivity (Wildman–Crippen MR) is 73.5 cm³/mol. The maximum Gasteiger partial charge on any atom is 0.254 e. The Bertz CT molecular complexity index is 505. The molecule has 0 unspecified atom stereocenters. The van der Waals surface area contributed by atoms with Gasteiger partial charge >= 0.3 is 0 Å². The summed E-state index contributed by atoms with van der Waals surface area (Å²) in [5, 5.41) is 2.62. The van der Waals surface area contributed by atoms with Crippen LogP contribution in [0.15, 0.2) is 18.2 Å². The number of carbonyl (C=O) groups excluding carboxylic acids is 2. The van der Waals surface area contributed by atoms with E-state index in [0.29, 0.717) is 25.9 Å². The SMILES string of the molecule is CNC(=O)C1CCN(C(=O)c2cc(N)cc(F)c2)CC1. The molecule has 0 spiro atoms. The highest BCUT2D eigenvalue weighted by molar-refractivity contribution is 5.95. The summed E-state index contributed by atoms with van der Waals surface area (Å²) in [5.74, 6) is -0.811. The molecule has 1 saturated heterocycles. The molecule has 0 aromatic heterocycles. The Morgan fingerprint density at radius 2 is 1.95 bits per heavy atom. The second-order valence-electron chi connectivity index (χ2n) is 4.95. The Morgan fingerprint density at radius 1 is 1.30 bits per heavy atom. The van der Waals surface area contributed by atoms with Gasteiger partial charge in [0.05, 0.1) is 0 Å². The maximum atomic E-state index is 13.3. The van der Waals surface area contributed by atoms with Crippen LogP contribution in [0.25, 0.3) is 0 Å². The van der Waals surface area contributed by atoms with Crippen molar-refractivity contribution in [1.29, 1.82) is 0 Å². The van der Waals surface area contributed by atoms with Gasteiger partial charge in [-0.2, -0.15) is 0 Å². The third-order valence-corrected chi connectivity index (χ3v) is 3.57. The van der Waals surface area contributed by atoms with Crippen molar-refractivity contribution in [1.82, 2.24) is 10.2 Å². The monoisotopic (exact) mass is 279 g/mol. The van der Waals surface area contributed by atoms with Gasteiger partial charge in [0, 0.05) is 37.3 Å². The summed E-state index contributed by atoms with van der Waals surface area (Å²) in [6, 6.07) is 3.83. The van der Waals surface area contributed by atoms with Crippen LogP contribution in [0.3, 0.4) is 0 Å². The summed E-state index contributed by atoms with van der Waals surface area (Å²) in [7, 11) is 1.61. The van der Waals surface area contributed by atoms with E-state index in [9.17, 15) is 14.0 Å². The first-order chi connectivity index (χ1) is 9.51. The number of piperidine rings is 1. The molecule has 0 bridgehead atoms. The number of hydrogen-bond acceptors (Lipinski definition) is 3. The molecule has 108 valence electrons. The normalized spacial score (nSPS) is 16.0. The summed E-state index contributed by atoms with van der Waals surface area (Å²) < 4.78 is 13.3. The Kier molecular flexibility index (Phi) is 4.22. The van der Waals surface area contributed by atoms with Crippen LogP contribution in [0, 0.1) is 11.7 Å². The highest BCUT2D eigenvalue weighted by Gasteiger charge is 2.27. The van der Waals surface area contributed by atoms with Crippen LogP contribution in [0.5, 0.6) is 0 Å². The van der Waals surface area contributed by atoms with E-state index in [1.165, 1.54) is 18.2 Å². The van der Waals surface area contributed by atoms with Gasteiger partial charge in [-0.1, -0.05) is 0 Å². The fourth-order valence-electron chi connectivity index (χ4n) is 2.47. The van der Waals surface area contributed by atoms with Gasteiger partial charge in [0.15, 0.2) is 0 Å². The first-order valence-electron chi connectivity index (χ1n) is 6.58. The van der Waals surface area contributed by atoms with Crippen LogP contribution in [0.2, 0.25) is 0 Å². The van der Waals surface area contributed by atoms with Crippen molar-refractivity contribution in [3.8, 4) is 0 Å². The van der Waals surface area contributed by atoms with Crippen molar-refractivity contribution in [2.24, 2.45) is 5.92 Å². The number of halogens is 1. The van der Waals surface area contributed by atoms with Crippen LogP contribution < -0.4 is 11.1 Å². The summed E-state index contributed by atoms with van der Waals surface area (Å²) in [5.41, 5.74) is 6.02. The Labute approximate surface area is 116 Å². The molecule has 1 aromatic carbocycles. The number of carbonyl (C=O) groups is 2. The summed E-state index contributed by atoms with van der Waals surface area (Å²) in [6.45, 7) is 0.987. The molecule has 6 heteroatoms. The molecule has 5 nitrogen and oxygen atoms in total. The van der Waals surface area contributed by atoms with Gasteiger partial charge in [-0.15, -0.1) is 0 Å². The molecule has 1 aromatic rings. The Hall–Kier alpha value is -2.11. The molecule has 0 atom stereocenters. The largest absolute Gasteiger partial charge is 0.399 e. The molecule has 1 fully saturated rings. The van der Waals surface area contributed by atoms with Gasteiger partial charge in [-0.05, 0) is 31.0 Å². The molecule has 2 amide bonds. The van der Waals surface area contributed by atoms with Crippen molar-refractivity contribution < 1.29 is 14.0 Å². The molecule has 0 aliphatic carbocycles. The topological polar surface area (TPSA) is 75.4 Å². The minimum absolute atomic E-state index is 0.00657. The highest BCUT2D eigenvalue weighted by atomic mass is 19.1. The van der Waals surface area contributed by atoms with E-state index in [2.05, 4.69) is 5.32 Å². The minimum Gasteiger partial charge on any atom is -0.399 e. The molecular weight excluding hydrogens is 261 g/mol. The third-order valence-electron chi connectivity index (χ3n) is 3.57.